The molecular formula is C10H11NO4. The summed E-state index contributed by atoms with van der Waals surface area (Å²) in [4.78, 5) is 21.9. The van der Waals surface area contributed by atoms with E-state index in [0.717, 1.165) is 0 Å². The molecule has 0 spiro atoms. The Morgan fingerprint density at radius 1 is 1.47 bits per heavy atom. The lowest BCUT2D eigenvalue weighted by Crippen LogP contribution is -2.12. The van der Waals surface area contributed by atoms with Crippen molar-refractivity contribution in [2.45, 2.75) is 6.42 Å². The quantitative estimate of drug-likeness (QED) is 0.564. The fourth-order valence-electron chi connectivity index (χ4n) is 1.28. The van der Waals surface area contributed by atoms with Crippen LogP contribution in [0.2, 0.25) is 0 Å². The number of esters is 1. The second-order valence-corrected chi connectivity index (χ2v) is 2.94. The van der Waals surface area contributed by atoms with Crippen LogP contribution >= 0.6 is 0 Å². The Balaban J connectivity index is 3.20. The highest BCUT2D eigenvalue weighted by atomic mass is 16.5. The predicted molar refractivity (Wildman–Crippen MR) is 53.5 cm³/mol. The number of aliphatic carboxylic acids is 1. The molecule has 0 fully saturated rings. The number of nitrogens with two attached hydrogens (primary N) is 1. The van der Waals surface area contributed by atoms with E-state index in [2.05, 4.69) is 4.74 Å². The van der Waals surface area contributed by atoms with Crippen LogP contribution in [0.25, 0.3) is 0 Å². The average molecular weight is 209 g/mol. The molecule has 0 aliphatic rings. The van der Waals surface area contributed by atoms with Gasteiger partial charge in [0.2, 0.25) is 0 Å². The summed E-state index contributed by atoms with van der Waals surface area (Å²) in [6, 6.07) is 4.66. The maximum Gasteiger partial charge on any atom is 0.340 e. The Morgan fingerprint density at radius 3 is 2.67 bits per heavy atom. The maximum absolute atomic E-state index is 11.3. The van der Waals surface area contributed by atoms with Crippen molar-refractivity contribution in [3.05, 3.63) is 29.3 Å². The largest absolute Gasteiger partial charge is 0.481 e. The number of methoxy groups -OCH3 is 1. The topological polar surface area (TPSA) is 89.6 Å². The minimum absolute atomic E-state index is 0.127. The molecule has 0 aliphatic heterocycles. The van der Waals surface area contributed by atoms with Gasteiger partial charge in [0.25, 0.3) is 0 Å². The van der Waals surface area contributed by atoms with Crippen molar-refractivity contribution in [1.82, 2.24) is 0 Å². The van der Waals surface area contributed by atoms with Gasteiger partial charge >= 0.3 is 11.9 Å². The van der Waals surface area contributed by atoms with Crippen LogP contribution in [-0.4, -0.2) is 24.2 Å². The lowest BCUT2D eigenvalue weighted by molar-refractivity contribution is -0.136. The summed E-state index contributed by atoms with van der Waals surface area (Å²) < 4.78 is 4.53. The fourth-order valence-corrected chi connectivity index (χ4v) is 1.28. The Bertz CT molecular complexity index is 400. The molecule has 0 radical (unpaired) electrons. The highest BCUT2D eigenvalue weighted by Gasteiger charge is 2.16. The van der Waals surface area contributed by atoms with Crippen molar-refractivity contribution in [3.8, 4) is 0 Å². The zero-order valence-corrected chi connectivity index (χ0v) is 8.19. The van der Waals surface area contributed by atoms with Crippen LogP contribution in [0.15, 0.2) is 18.2 Å². The van der Waals surface area contributed by atoms with Crippen LogP contribution in [0.1, 0.15) is 15.9 Å². The molecule has 1 rings (SSSR count). The van der Waals surface area contributed by atoms with Crippen molar-refractivity contribution in [1.29, 1.82) is 0 Å². The molecule has 0 saturated heterocycles. The Morgan fingerprint density at radius 2 is 2.13 bits per heavy atom. The molecular weight excluding hydrogens is 198 g/mol. The smallest absolute Gasteiger partial charge is 0.340 e. The number of ether oxygens (including phenoxy) is 1. The van der Waals surface area contributed by atoms with Gasteiger partial charge in [-0.1, -0.05) is 12.1 Å². The van der Waals surface area contributed by atoms with E-state index in [1.807, 2.05) is 0 Å². The second-order valence-electron chi connectivity index (χ2n) is 2.94. The fraction of sp³-hybridized carbons (Fsp3) is 0.200. The van der Waals surface area contributed by atoms with E-state index in [-0.39, 0.29) is 17.7 Å². The lowest BCUT2D eigenvalue weighted by atomic mass is 10.0. The number of rotatable bonds is 3. The van der Waals surface area contributed by atoms with E-state index in [4.69, 9.17) is 10.8 Å². The molecule has 3 N–H and O–H groups in total. The van der Waals surface area contributed by atoms with Crippen LogP contribution < -0.4 is 5.73 Å². The molecule has 1 aromatic rings. The molecule has 0 atom stereocenters. The number of carboxylic acids is 1. The molecule has 0 saturated carbocycles. The van der Waals surface area contributed by atoms with Gasteiger partial charge in [0, 0.05) is 5.69 Å². The first kappa shape index (κ1) is 11.0. The SMILES string of the molecule is COC(=O)c1c(N)cccc1CC(=O)O. The van der Waals surface area contributed by atoms with Gasteiger partial charge in [0.05, 0.1) is 19.1 Å². The molecule has 15 heavy (non-hydrogen) atoms. The molecule has 5 nitrogen and oxygen atoms in total. The Hall–Kier alpha value is -2.04. The predicted octanol–water partition coefficient (Wildman–Crippen LogP) is 0.683. The average Bonchev–Trinajstić information content (AvgIpc) is 2.16. The van der Waals surface area contributed by atoms with Crippen molar-refractivity contribution in [2.24, 2.45) is 0 Å². The third kappa shape index (κ3) is 2.46. The number of carbonyl (C=O) groups is 2. The van der Waals surface area contributed by atoms with Gasteiger partial charge in [0.1, 0.15) is 0 Å². The minimum atomic E-state index is -1.02. The van der Waals surface area contributed by atoms with E-state index >= 15 is 0 Å². The van der Waals surface area contributed by atoms with Gasteiger partial charge in [-0.2, -0.15) is 0 Å². The van der Waals surface area contributed by atoms with Gasteiger partial charge in [-0.3, -0.25) is 4.79 Å². The minimum Gasteiger partial charge on any atom is -0.481 e. The molecule has 1 aromatic carbocycles. The van der Waals surface area contributed by atoms with Gasteiger partial charge in [-0.25, -0.2) is 4.79 Å². The van der Waals surface area contributed by atoms with E-state index in [1.165, 1.54) is 19.2 Å². The molecule has 0 unspecified atom stereocenters. The van der Waals surface area contributed by atoms with Crippen LogP contribution in [0, 0.1) is 0 Å². The third-order valence-corrected chi connectivity index (χ3v) is 1.91. The second kappa shape index (κ2) is 4.45. The molecule has 0 heterocycles. The molecule has 5 heteroatoms. The summed E-state index contributed by atoms with van der Waals surface area (Å²) in [7, 11) is 1.22. The molecule has 0 aliphatic carbocycles. The highest BCUT2D eigenvalue weighted by molar-refractivity contribution is 5.97. The van der Waals surface area contributed by atoms with E-state index < -0.39 is 11.9 Å². The summed E-state index contributed by atoms with van der Waals surface area (Å²) in [6.45, 7) is 0. The van der Waals surface area contributed by atoms with Crippen LogP contribution in [0.4, 0.5) is 5.69 Å². The monoisotopic (exact) mass is 209 g/mol. The van der Waals surface area contributed by atoms with Crippen molar-refractivity contribution >= 4 is 17.6 Å². The molecule has 0 amide bonds. The highest BCUT2D eigenvalue weighted by Crippen LogP contribution is 2.18. The van der Waals surface area contributed by atoms with Gasteiger partial charge < -0.3 is 15.6 Å². The zero-order chi connectivity index (χ0) is 11.4. The summed E-state index contributed by atoms with van der Waals surface area (Å²) in [5.74, 6) is -1.64. The van der Waals surface area contributed by atoms with Crippen LogP contribution in [0.5, 0.6) is 0 Å². The van der Waals surface area contributed by atoms with Crippen molar-refractivity contribution in [3.63, 3.8) is 0 Å². The Kier molecular flexibility index (Phi) is 3.28. The number of hydrogen-bond donors (Lipinski definition) is 2. The standard InChI is InChI=1S/C10H11NO4/c1-15-10(14)9-6(5-8(12)13)3-2-4-7(9)11/h2-4H,5,11H2,1H3,(H,12,13). The first-order valence-electron chi connectivity index (χ1n) is 4.23. The third-order valence-electron chi connectivity index (χ3n) is 1.91. The van der Waals surface area contributed by atoms with Gasteiger partial charge in [-0.05, 0) is 11.6 Å². The number of carbonyl (C=O) groups excluding carboxylic acids is 1. The van der Waals surface area contributed by atoms with E-state index in [1.54, 1.807) is 6.07 Å². The molecule has 0 bridgehead atoms. The van der Waals surface area contributed by atoms with Crippen molar-refractivity contribution in [2.75, 3.05) is 12.8 Å². The summed E-state index contributed by atoms with van der Waals surface area (Å²) in [5.41, 5.74) is 6.29. The maximum atomic E-state index is 11.3. The van der Waals surface area contributed by atoms with Crippen LogP contribution in [0.3, 0.4) is 0 Å². The lowest BCUT2D eigenvalue weighted by Gasteiger charge is -2.08. The van der Waals surface area contributed by atoms with Gasteiger partial charge in [-0.15, -0.1) is 0 Å². The number of nitrogen functional groups attached to an aromatic ring is 1. The van der Waals surface area contributed by atoms with Crippen LogP contribution in [-0.2, 0) is 16.0 Å². The summed E-state index contributed by atoms with van der Waals surface area (Å²) >= 11 is 0. The molecule has 0 aromatic heterocycles. The number of hydrogen-bond acceptors (Lipinski definition) is 4. The number of carboxylic acid groups (broad SMARTS) is 1. The number of anilines is 1. The van der Waals surface area contributed by atoms with E-state index in [0.29, 0.717) is 5.56 Å². The van der Waals surface area contributed by atoms with Gasteiger partial charge in [0.15, 0.2) is 0 Å². The van der Waals surface area contributed by atoms with E-state index in [9.17, 15) is 9.59 Å². The first-order valence-corrected chi connectivity index (χ1v) is 4.23. The number of benzene rings is 1. The normalized spacial score (nSPS) is 9.67. The van der Waals surface area contributed by atoms with Crippen molar-refractivity contribution < 1.29 is 19.4 Å². The molecule has 80 valence electrons. The first-order chi connectivity index (χ1) is 7.06. The Labute approximate surface area is 86.5 Å². The summed E-state index contributed by atoms with van der Waals surface area (Å²) in [5, 5.41) is 8.64. The summed E-state index contributed by atoms with van der Waals surface area (Å²) in [6.07, 6.45) is -0.254. The zero-order valence-electron chi connectivity index (χ0n) is 8.19.